The molecule has 2 N–H and O–H groups in total. The SMILES string of the molecule is COc1cc(CCNCc2cccc(O)c2)ccc1OCc1ccccc1. The third-order valence-electron chi connectivity index (χ3n) is 4.30. The fraction of sp³-hybridized carbons (Fsp3) is 0.217. The summed E-state index contributed by atoms with van der Waals surface area (Å²) < 4.78 is 11.4. The lowest BCUT2D eigenvalue weighted by atomic mass is 10.1. The highest BCUT2D eigenvalue weighted by Gasteiger charge is 2.06. The Hall–Kier alpha value is -2.98. The molecule has 0 spiro atoms. The number of aromatic hydroxyl groups is 1. The van der Waals surface area contributed by atoms with Crippen molar-refractivity contribution < 1.29 is 14.6 Å². The van der Waals surface area contributed by atoms with E-state index in [2.05, 4.69) is 11.4 Å². The number of benzene rings is 3. The number of methoxy groups -OCH3 is 1. The van der Waals surface area contributed by atoms with Gasteiger partial charge in [0.25, 0.3) is 0 Å². The van der Waals surface area contributed by atoms with Crippen LogP contribution >= 0.6 is 0 Å². The zero-order valence-corrected chi connectivity index (χ0v) is 15.5. The third-order valence-corrected chi connectivity index (χ3v) is 4.30. The first-order chi connectivity index (χ1) is 13.2. The molecule has 0 aromatic heterocycles. The molecule has 0 atom stereocenters. The molecule has 0 aliphatic heterocycles. The van der Waals surface area contributed by atoms with Crippen LogP contribution in [0, 0.1) is 0 Å². The van der Waals surface area contributed by atoms with Crippen LogP contribution in [0.25, 0.3) is 0 Å². The first kappa shape index (κ1) is 18.8. The van der Waals surface area contributed by atoms with Gasteiger partial charge in [-0.1, -0.05) is 48.5 Å². The van der Waals surface area contributed by atoms with Gasteiger partial charge in [-0.05, 0) is 53.9 Å². The van der Waals surface area contributed by atoms with Gasteiger partial charge in [0.05, 0.1) is 7.11 Å². The van der Waals surface area contributed by atoms with Crippen molar-refractivity contribution in [3.63, 3.8) is 0 Å². The van der Waals surface area contributed by atoms with Crippen LogP contribution in [0.1, 0.15) is 16.7 Å². The molecule has 3 rings (SSSR count). The summed E-state index contributed by atoms with van der Waals surface area (Å²) in [5.41, 5.74) is 3.37. The second kappa shape index (κ2) is 9.64. The summed E-state index contributed by atoms with van der Waals surface area (Å²) >= 11 is 0. The summed E-state index contributed by atoms with van der Waals surface area (Å²) in [4.78, 5) is 0. The van der Waals surface area contributed by atoms with Gasteiger partial charge in [0.2, 0.25) is 0 Å². The van der Waals surface area contributed by atoms with Crippen LogP contribution in [0.5, 0.6) is 17.2 Å². The Labute approximate surface area is 160 Å². The number of hydrogen-bond donors (Lipinski definition) is 2. The molecule has 0 radical (unpaired) electrons. The second-order valence-electron chi connectivity index (χ2n) is 6.36. The topological polar surface area (TPSA) is 50.7 Å². The predicted molar refractivity (Wildman–Crippen MR) is 107 cm³/mol. The molecular formula is C23H25NO3. The van der Waals surface area contributed by atoms with Crippen LogP contribution in [0.2, 0.25) is 0 Å². The average molecular weight is 363 g/mol. The van der Waals surface area contributed by atoms with Gasteiger partial charge in [0.1, 0.15) is 12.4 Å². The van der Waals surface area contributed by atoms with E-state index in [0.29, 0.717) is 12.4 Å². The molecule has 0 aliphatic rings. The molecule has 0 amide bonds. The van der Waals surface area contributed by atoms with E-state index in [9.17, 15) is 5.11 Å². The summed E-state index contributed by atoms with van der Waals surface area (Å²) in [6.07, 6.45) is 0.883. The normalized spacial score (nSPS) is 10.6. The van der Waals surface area contributed by atoms with Gasteiger partial charge in [0.15, 0.2) is 11.5 Å². The molecular weight excluding hydrogens is 338 g/mol. The lowest BCUT2D eigenvalue weighted by Crippen LogP contribution is -2.16. The number of rotatable bonds is 9. The highest BCUT2D eigenvalue weighted by molar-refractivity contribution is 5.43. The van der Waals surface area contributed by atoms with Crippen LogP contribution in [-0.2, 0) is 19.6 Å². The van der Waals surface area contributed by atoms with Gasteiger partial charge in [0, 0.05) is 6.54 Å². The van der Waals surface area contributed by atoms with Crippen molar-refractivity contribution >= 4 is 0 Å². The summed E-state index contributed by atoms with van der Waals surface area (Å²) in [5, 5.41) is 12.9. The van der Waals surface area contributed by atoms with E-state index in [1.807, 2.05) is 54.6 Å². The second-order valence-corrected chi connectivity index (χ2v) is 6.36. The minimum atomic E-state index is 0.296. The van der Waals surface area contributed by atoms with Crippen LogP contribution in [-0.4, -0.2) is 18.8 Å². The lowest BCUT2D eigenvalue weighted by molar-refractivity contribution is 0.284. The summed E-state index contributed by atoms with van der Waals surface area (Å²) in [7, 11) is 1.66. The van der Waals surface area contributed by atoms with Gasteiger partial charge >= 0.3 is 0 Å². The molecule has 0 fully saturated rings. The third kappa shape index (κ3) is 5.76. The van der Waals surface area contributed by atoms with Crippen molar-refractivity contribution in [3.05, 3.63) is 89.5 Å². The van der Waals surface area contributed by atoms with Crippen molar-refractivity contribution in [2.45, 2.75) is 19.6 Å². The number of nitrogens with one attached hydrogen (secondary N) is 1. The van der Waals surface area contributed by atoms with Gasteiger partial charge in [-0.25, -0.2) is 0 Å². The molecule has 0 heterocycles. The maximum atomic E-state index is 9.49. The first-order valence-corrected chi connectivity index (χ1v) is 9.07. The Bertz CT molecular complexity index is 849. The summed E-state index contributed by atoms with van der Waals surface area (Å²) in [6, 6.07) is 23.4. The van der Waals surface area contributed by atoms with Crippen LogP contribution in [0.3, 0.4) is 0 Å². The Morgan fingerprint density at radius 3 is 2.41 bits per heavy atom. The Morgan fingerprint density at radius 2 is 1.63 bits per heavy atom. The molecule has 0 saturated carbocycles. The molecule has 0 unspecified atom stereocenters. The molecule has 3 aromatic rings. The van der Waals surface area contributed by atoms with E-state index >= 15 is 0 Å². The van der Waals surface area contributed by atoms with Crippen LogP contribution < -0.4 is 14.8 Å². The fourth-order valence-corrected chi connectivity index (χ4v) is 2.85. The van der Waals surface area contributed by atoms with Crippen molar-refractivity contribution in [1.29, 1.82) is 0 Å². The molecule has 27 heavy (non-hydrogen) atoms. The van der Waals surface area contributed by atoms with Gasteiger partial charge < -0.3 is 19.9 Å². The molecule has 0 aliphatic carbocycles. The van der Waals surface area contributed by atoms with Crippen molar-refractivity contribution in [2.24, 2.45) is 0 Å². The van der Waals surface area contributed by atoms with Crippen molar-refractivity contribution in [1.82, 2.24) is 5.32 Å². The average Bonchev–Trinajstić information content (AvgIpc) is 2.71. The first-order valence-electron chi connectivity index (χ1n) is 9.07. The smallest absolute Gasteiger partial charge is 0.161 e. The van der Waals surface area contributed by atoms with Crippen LogP contribution in [0.4, 0.5) is 0 Å². The Kier molecular flexibility index (Phi) is 6.72. The zero-order chi connectivity index (χ0) is 18.9. The highest BCUT2D eigenvalue weighted by atomic mass is 16.5. The summed E-state index contributed by atoms with van der Waals surface area (Å²) in [5.74, 6) is 1.79. The molecule has 4 nitrogen and oxygen atoms in total. The van der Waals surface area contributed by atoms with E-state index in [1.165, 1.54) is 5.56 Å². The zero-order valence-electron chi connectivity index (χ0n) is 15.5. The fourth-order valence-electron chi connectivity index (χ4n) is 2.85. The van der Waals surface area contributed by atoms with E-state index in [-0.39, 0.29) is 0 Å². The Morgan fingerprint density at radius 1 is 0.815 bits per heavy atom. The maximum absolute atomic E-state index is 9.49. The maximum Gasteiger partial charge on any atom is 0.161 e. The van der Waals surface area contributed by atoms with Crippen molar-refractivity contribution in [3.8, 4) is 17.2 Å². The van der Waals surface area contributed by atoms with Crippen LogP contribution in [0.15, 0.2) is 72.8 Å². The number of hydrogen-bond acceptors (Lipinski definition) is 4. The molecule has 0 bridgehead atoms. The molecule has 140 valence electrons. The van der Waals surface area contributed by atoms with Gasteiger partial charge in [-0.15, -0.1) is 0 Å². The van der Waals surface area contributed by atoms with E-state index in [1.54, 1.807) is 19.2 Å². The highest BCUT2D eigenvalue weighted by Crippen LogP contribution is 2.29. The molecule has 0 saturated heterocycles. The van der Waals surface area contributed by atoms with Gasteiger partial charge in [-0.2, -0.15) is 0 Å². The molecule has 3 aromatic carbocycles. The number of ether oxygens (including phenoxy) is 2. The molecule has 4 heteroatoms. The quantitative estimate of drug-likeness (QED) is 0.556. The van der Waals surface area contributed by atoms with Crippen molar-refractivity contribution in [2.75, 3.05) is 13.7 Å². The Balaban J connectivity index is 1.51. The van der Waals surface area contributed by atoms with Gasteiger partial charge in [-0.3, -0.25) is 0 Å². The largest absolute Gasteiger partial charge is 0.508 e. The van der Waals surface area contributed by atoms with E-state index in [0.717, 1.165) is 42.1 Å². The minimum absolute atomic E-state index is 0.296. The lowest BCUT2D eigenvalue weighted by Gasteiger charge is -2.13. The number of phenolic OH excluding ortho intramolecular Hbond substituents is 1. The predicted octanol–water partition coefficient (Wildman–Crippen LogP) is 4.31. The van der Waals surface area contributed by atoms with E-state index in [4.69, 9.17) is 9.47 Å². The standard InChI is InChI=1S/C23H25NO3/c1-26-23-15-18(12-13-24-16-20-8-5-9-21(25)14-20)10-11-22(23)27-17-19-6-3-2-4-7-19/h2-11,14-15,24-25H,12-13,16-17H2,1H3. The minimum Gasteiger partial charge on any atom is -0.508 e. The monoisotopic (exact) mass is 363 g/mol. The summed E-state index contributed by atoms with van der Waals surface area (Å²) in [6.45, 7) is 2.08. The number of phenols is 1. The van der Waals surface area contributed by atoms with E-state index < -0.39 is 0 Å².